The summed E-state index contributed by atoms with van der Waals surface area (Å²) in [6.07, 6.45) is 1.18. The lowest BCUT2D eigenvalue weighted by atomic mass is 10.1. The fourth-order valence-corrected chi connectivity index (χ4v) is 1.56. The van der Waals surface area contributed by atoms with Crippen LogP contribution in [0.4, 0.5) is 0 Å². The number of carbonyl (C=O) groups excluding carboxylic acids is 1. The van der Waals surface area contributed by atoms with Crippen molar-refractivity contribution in [2.24, 2.45) is 0 Å². The van der Waals surface area contributed by atoms with Crippen LogP contribution in [-0.4, -0.2) is 11.0 Å². The Hall–Kier alpha value is -2.56. The number of nitrogens with one attached hydrogen (secondary N) is 1. The summed E-state index contributed by atoms with van der Waals surface area (Å²) in [6, 6.07) is 5.94. The molecular formula is C13H11NO4. The number of fused-ring (bicyclic) bond motifs is 1. The van der Waals surface area contributed by atoms with Crippen LogP contribution in [0.15, 0.2) is 46.1 Å². The molecule has 0 aliphatic carbocycles. The number of benzene rings is 1. The molecule has 1 amide bonds. The van der Waals surface area contributed by atoms with E-state index >= 15 is 0 Å². The number of amides is 1. The molecule has 0 saturated carbocycles. The second kappa shape index (κ2) is 4.75. The van der Waals surface area contributed by atoms with E-state index in [2.05, 4.69) is 11.9 Å². The zero-order valence-corrected chi connectivity index (χ0v) is 9.47. The Kier molecular flexibility index (Phi) is 3.14. The van der Waals surface area contributed by atoms with Gasteiger partial charge in [0, 0.05) is 6.54 Å². The molecule has 0 unspecified atom stereocenters. The van der Waals surface area contributed by atoms with Crippen molar-refractivity contribution >= 4 is 16.9 Å². The largest absolute Gasteiger partial charge is 0.507 e. The second-order valence-corrected chi connectivity index (χ2v) is 3.70. The summed E-state index contributed by atoms with van der Waals surface area (Å²) >= 11 is 0. The van der Waals surface area contributed by atoms with E-state index in [1.807, 2.05) is 0 Å². The number of hydrogen-bond acceptors (Lipinski definition) is 4. The molecule has 2 N–H and O–H groups in total. The standard InChI is InChI=1S/C13H11NO4/c1-2-12(16)14-7-8-3-4-11-9(5-8)10(15)6-13(17)18-11/h2-6,15H,1,7H2,(H,14,16). The van der Waals surface area contributed by atoms with Gasteiger partial charge in [0.2, 0.25) is 5.91 Å². The van der Waals surface area contributed by atoms with Gasteiger partial charge in [0.15, 0.2) is 0 Å². The number of hydrogen-bond donors (Lipinski definition) is 2. The Bertz CT molecular complexity index is 672. The first kappa shape index (κ1) is 11.9. The summed E-state index contributed by atoms with van der Waals surface area (Å²) < 4.78 is 4.93. The Morgan fingerprint density at radius 1 is 1.44 bits per heavy atom. The zero-order chi connectivity index (χ0) is 13.1. The van der Waals surface area contributed by atoms with Crippen LogP contribution >= 0.6 is 0 Å². The van der Waals surface area contributed by atoms with Gasteiger partial charge in [-0.2, -0.15) is 0 Å². The molecule has 2 aromatic rings. The van der Waals surface area contributed by atoms with E-state index in [1.54, 1.807) is 18.2 Å². The highest BCUT2D eigenvalue weighted by molar-refractivity contribution is 5.87. The smallest absolute Gasteiger partial charge is 0.339 e. The van der Waals surface area contributed by atoms with Crippen molar-refractivity contribution in [2.45, 2.75) is 6.54 Å². The third-order valence-electron chi connectivity index (χ3n) is 2.44. The second-order valence-electron chi connectivity index (χ2n) is 3.70. The summed E-state index contributed by atoms with van der Waals surface area (Å²) in [5, 5.41) is 12.7. The molecular weight excluding hydrogens is 234 g/mol. The fourth-order valence-electron chi connectivity index (χ4n) is 1.56. The quantitative estimate of drug-likeness (QED) is 0.631. The van der Waals surface area contributed by atoms with Gasteiger partial charge >= 0.3 is 5.63 Å². The van der Waals surface area contributed by atoms with Gasteiger partial charge < -0.3 is 14.8 Å². The minimum Gasteiger partial charge on any atom is -0.507 e. The van der Waals surface area contributed by atoms with E-state index in [0.717, 1.165) is 11.6 Å². The first-order chi connectivity index (χ1) is 8.60. The van der Waals surface area contributed by atoms with Gasteiger partial charge in [-0.15, -0.1) is 0 Å². The van der Waals surface area contributed by atoms with Gasteiger partial charge in [-0.05, 0) is 23.8 Å². The number of aromatic hydroxyl groups is 1. The Morgan fingerprint density at radius 3 is 2.94 bits per heavy atom. The van der Waals surface area contributed by atoms with E-state index in [9.17, 15) is 14.7 Å². The lowest BCUT2D eigenvalue weighted by Crippen LogP contribution is -2.19. The van der Waals surface area contributed by atoms with Crippen LogP contribution in [0.1, 0.15) is 5.56 Å². The molecule has 92 valence electrons. The molecule has 0 fully saturated rings. The van der Waals surface area contributed by atoms with Crippen LogP contribution in [0.25, 0.3) is 11.0 Å². The summed E-state index contributed by atoms with van der Waals surface area (Å²) in [7, 11) is 0. The molecule has 1 aromatic heterocycles. The van der Waals surface area contributed by atoms with Crippen molar-refractivity contribution in [1.82, 2.24) is 5.32 Å². The minimum absolute atomic E-state index is 0.141. The van der Waals surface area contributed by atoms with Crippen molar-refractivity contribution < 1.29 is 14.3 Å². The maximum atomic E-state index is 11.0. The van der Waals surface area contributed by atoms with Gasteiger partial charge in [-0.1, -0.05) is 12.6 Å². The number of rotatable bonds is 3. The Balaban J connectivity index is 2.35. The van der Waals surface area contributed by atoms with Crippen LogP contribution in [0.2, 0.25) is 0 Å². The Morgan fingerprint density at radius 2 is 2.22 bits per heavy atom. The van der Waals surface area contributed by atoms with Gasteiger partial charge in [0.25, 0.3) is 0 Å². The normalized spacial score (nSPS) is 10.2. The summed E-state index contributed by atoms with van der Waals surface area (Å²) in [4.78, 5) is 22.1. The molecule has 0 atom stereocenters. The molecule has 0 radical (unpaired) electrons. The van der Waals surface area contributed by atoms with Crippen molar-refractivity contribution in [2.75, 3.05) is 0 Å². The fraction of sp³-hybridized carbons (Fsp3) is 0.0769. The SMILES string of the molecule is C=CC(=O)NCc1ccc2oc(=O)cc(O)c2c1. The highest BCUT2D eigenvalue weighted by Gasteiger charge is 2.05. The predicted octanol–water partition coefficient (Wildman–Crippen LogP) is 1.30. The lowest BCUT2D eigenvalue weighted by molar-refractivity contribution is -0.116. The number of carbonyl (C=O) groups is 1. The maximum absolute atomic E-state index is 11.0. The van der Waals surface area contributed by atoms with E-state index in [-0.39, 0.29) is 11.7 Å². The van der Waals surface area contributed by atoms with Crippen molar-refractivity contribution in [3.05, 3.63) is 52.9 Å². The first-order valence-electron chi connectivity index (χ1n) is 5.26. The topological polar surface area (TPSA) is 79.5 Å². The highest BCUT2D eigenvalue weighted by Crippen LogP contribution is 2.23. The van der Waals surface area contributed by atoms with Crippen LogP contribution in [0.3, 0.4) is 0 Å². The van der Waals surface area contributed by atoms with Crippen molar-refractivity contribution in [1.29, 1.82) is 0 Å². The van der Waals surface area contributed by atoms with E-state index in [0.29, 0.717) is 17.5 Å². The van der Waals surface area contributed by atoms with Crippen LogP contribution in [0.5, 0.6) is 5.75 Å². The average Bonchev–Trinajstić information content (AvgIpc) is 2.36. The monoisotopic (exact) mass is 245 g/mol. The van der Waals surface area contributed by atoms with E-state index in [1.165, 1.54) is 6.08 Å². The lowest BCUT2D eigenvalue weighted by Gasteiger charge is -2.04. The highest BCUT2D eigenvalue weighted by atomic mass is 16.4. The van der Waals surface area contributed by atoms with E-state index in [4.69, 9.17) is 4.42 Å². The predicted molar refractivity (Wildman–Crippen MR) is 66.2 cm³/mol. The van der Waals surface area contributed by atoms with Crippen LogP contribution in [0, 0.1) is 0 Å². The molecule has 18 heavy (non-hydrogen) atoms. The molecule has 0 aliphatic rings. The van der Waals surface area contributed by atoms with Crippen molar-refractivity contribution in [3.8, 4) is 5.75 Å². The minimum atomic E-state index is -0.604. The third-order valence-corrected chi connectivity index (χ3v) is 2.44. The average molecular weight is 245 g/mol. The Labute approximate surface area is 102 Å². The van der Waals surface area contributed by atoms with Gasteiger partial charge in [-0.25, -0.2) is 4.79 Å². The maximum Gasteiger partial charge on any atom is 0.339 e. The molecule has 1 heterocycles. The third kappa shape index (κ3) is 2.40. The van der Waals surface area contributed by atoms with Gasteiger partial charge in [0.1, 0.15) is 11.3 Å². The summed E-state index contributed by atoms with van der Waals surface area (Å²) in [5.41, 5.74) is 0.480. The molecule has 5 nitrogen and oxygen atoms in total. The van der Waals surface area contributed by atoms with Gasteiger partial charge in [-0.3, -0.25) is 4.79 Å². The van der Waals surface area contributed by atoms with Crippen LogP contribution < -0.4 is 10.9 Å². The summed E-state index contributed by atoms with van der Waals surface area (Å²) in [5.74, 6) is -0.419. The molecule has 0 aliphatic heterocycles. The van der Waals surface area contributed by atoms with Crippen LogP contribution in [-0.2, 0) is 11.3 Å². The van der Waals surface area contributed by atoms with E-state index < -0.39 is 5.63 Å². The molecule has 0 bridgehead atoms. The first-order valence-corrected chi connectivity index (χ1v) is 5.26. The molecule has 0 saturated heterocycles. The zero-order valence-electron chi connectivity index (χ0n) is 9.47. The molecule has 2 rings (SSSR count). The van der Waals surface area contributed by atoms with Crippen molar-refractivity contribution in [3.63, 3.8) is 0 Å². The molecule has 1 aromatic carbocycles. The van der Waals surface area contributed by atoms with Gasteiger partial charge in [0.05, 0.1) is 11.5 Å². The summed E-state index contributed by atoms with van der Waals surface area (Å²) in [6.45, 7) is 3.65. The molecule has 5 heteroatoms. The molecule has 0 spiro atoms.